The largest absolute Gasteiger partial charge is 0.478 e. The molecule has 0 aliphatic carbocycles. The Kier molecular flexibility index (Phi) is 3.37. The van der Waals surface area contributed by atoms with E-state index in [1.165, 1.54) is 36.5 Å². The number of nitro groups is 1. The van der Waals surface area contributed by atoms with Crippen molar-refractivity contribution in [2.45, 2.75) is 0 Å². The summed E-state index contributed by atoms with van der Waals surface area (Å²) in [6, 6.07) is 8.47. The van der Waals surface area contributed by atoms with Crippen LogP contribution in [0.1, 0.15) is 10.4 Å². The molecule has 0 saturated heterocycles. The second-order valence-corrected chi connectivity index (χ2v) is 3.49. The van der Waals surface area contributed by atoms with Crippen LogP contribution >= 0.6 is 0 Å². The van der Waals surface area contributed by atoms with E-state index in [4.69, 9.17) is 9.84 Å². The Labute approximate surface area is 107 Å². The molecule has 0 fully saturated rings. The Hall–Kier alpha value is -2.96. The average Bonchev–Trinajstić information content (AvgIpc) is 2.39. The van der Waals surface area contributed by atoms with Crippen molar-refractivity contribution in [1.82, 2.24) is 4.98 Å². The molecule has 7 nitrogen and oxygen atoms in total. The summed E-state index contributed by atoms with van der Waals surface area (Å²) >= 11 is 0. The number of nitrogens with zero attached hydrogens (tertiary/aromatic N) is 2. The van der Waals surface area contributed by atoms with Crippen LogP contribution in [0.5, 0.6) is 11.6 Å². The zero-order valence-corrected chi connectivity index (χ0v) is 9.52. The average molecular weight is 260 g/mol. The van der Waals surface area contributed by atoms with Gasteiger partial charge in [0.15, 0.2) is 0 Å². The highest BCUT2D eigenvalue weighted by Crippen LogP contribution is 2.30. The Morgan fingerprint density at radius 2 is 2.00 bits per heavy atom. The van der Waals surface area contributed by atoms with Gasteiger partial charge in [0, 0.05) is 12.3 Å². The number of rotatable bonds is 4. The van der Waals surface area contributed by atoms with Crippen LogP contribution in [0.25, 0.3) is 0 Å². The van der Waals surface area contributed by atoms with Crippen LogP contribution < -0.4 is 4.74 Å². The number of carboxylic acids is 1. The molecule has 7 heteroatoms. The van der Waals surface area contributed by atoms with Gasteiger partial charge in [-0.25, -0.2) is 9.78 Å². The third-order valence-corrected chi connectivity index (χ3v) is 2.27. The molecular weight excluding hydrogens is 252 g/mol. The van der Waals surface area contributed by atoms with Gasteiger partial charge in [0.25, 0.3) is 5.88 Å². The summed E-state index contributed by atoms with van der Waals surface area (Å²) in [7, 11) is 0. The van der Waals surface area contributed by atoms with E-state index in [0.717, 1.165) is 0 Å². The molecule has 0 aliphatic heterocycles. The maximum absolute atomic E-state index is 11.0. The zero-order valence-electron chi connectivity index (χ0n) is 9.52. The van der Waals surface area contributed by atoms with Crippen molar-refractivity contribution < 1.29 is 19.6 Å². The van der Waals surface area contributed by atoms with Crippen molar-refractivity contribution in [2.24, 2.45) is 0 Å². The third kappa shape index (κ3) is 2.65. The Morgan fingerprint density at radius 1 is 1.26 bits per heavy atom. The molecule has 2 aromatic rings. The first-order valence-electron chi connectivity index (χ1n) is 5.19. The fourth-order valence-electron chi connectivity index (χ4n) is 1.44. The van der Waals surface area contributed by atoms with Crippen molar-refractivity contribution in [3.8, 4) is 11.6 Å². The fraction of sp³-hybridized carbons (Fsp3) is 0. The van der Waals surface area contributed by atoms with Gasteiger partial charge in [0.2, 0.25) is 0 Å². The second-order valence-electron chi connectivity index (χ2n) is 3.49. The predicted molar refractivity (Wildman–Crippen MR) is 64.4 cm³/mol. The molecule has 0 unspecified atom stereocenters. The summed E-state index contributed by atoms with van der Waals surface area (Å²) in [5.41, 5.74) is -0.426. The highest BCUT2D eigenvalue weighted by atomic mass is 16.6. The van der Waals surface area contributed by atoms with E-state index >= 15 is 0 Å². The van der Waals surface area contributed by atoms with E-state index in [1.807, 2.05) is 0 Å². The summed E-state index contributed by atoms with van der Waals surface area (Å²) in [6.45, 7) is 0. The molecule has 1 aromatic carbocycles. The van der Waals surface area contributed by atoms with Crippen LogP contribution in [0, 0.1) is 10.1 Å². The van der Waals surface area contributed by atoms with E-state index in [1.54, 1.807) is 6.07 Å². The molecule has 0 saturated carbocycles. The molecule has 1 heterocycles. The lowest BCUT2D eigenvalue weighted by Crippen LogP contribution is -2.01. The third-order valence-electron chi connectivity index (χ3n) is 2.27. The van der Waals surface area contributed by atoms with Crippen LogP contribution in [0.3, 0.4) is 0 Å². The molecule has 0 bridgehead atoms. The minimum absolute atomic E-state index is 0.00296. The summed E-state index contributed by atoms with van der Waals surface area (Å²) < 4.78 is 5.23. The minimum atomic E-state index is -1.19. The van der Waals surface area contributed by atoms with Gasteiger partial charge in [-0.05, 0) is 18.2 Å². The van der Waals surface area contributed by atoms with E-state index < -0.39 is 10.9 Å². The Morgan fingerprint density at radius 3 is 2.68 bits per heavy atom. The lowest BCUT2D eigenvalue weighted by atomic mass is 10.2. The zero-order chi connectivity index (χ0) is 13.8. The van der Waals surface area contributed by atoms with Crippen LogP contribution in [-0.4, -0.2) is 21.0 Å². The number of pyridine rings is 1. The standard InChI is InChI=1S/C12H8N2O5/c15-12(16)8-4-1-2-6-10(8)19-11-9(14(17)18)5-3-7-13-11/h1-7H,(H,15,16). The summed E-state index contributed by atoms with van der Waals surface area (Å²) in [4.78, 5) is 24.9. The van der Waals surface area contributed by atoms with Crippen molar-refractivity contribution in [1.29, 1.82) is 0 Å². The molecule has 0 atom stereocenters. The molecule has 96 valence electrons. The van der Waals surface area contributed by atoms with Crippen LogP contribution in [-0.2, 0) is 0 Å². The van der Waals surface area contributed by atoms with Gasteiger partial charge in [-0.2, -0.15) is 0 Å². The van der Waals surface area contributed by atoms with Crippen LogP contribution in [0.15, 0.2) is 42.6 Å². The van der Waals surface area contributed by atoms with Crippen LogP contribution in [0.2, 0.25) is 0 Å². The van der Waals surface area contributed by atoms with Gasteiger partial charge in [-0.3, -0.25) is 10.1 Å². The number of aromatic carboxylic acids is 1. The van der Waals surface area contributed by atoms with E-state index in [-0.39, 0.29) is 22.9 Å². The van der Waals surface area contributed by atoms with E-state index in [9.17, 15) is 14.9 Å². The first-order valence-corrected chi connectivity index (χ1v) is 5.19. The quantitative estimate of drug-likeness (QED) is 0.669. The number of ether oxygens (including phenoxy) is 1. The van der Waals surface area contributed by atoms with Gasteiger partial charge >= 0.3 is 11.7 Å². The van der Waals surface area contributed by atoms with Crippen molar-refractivity contribution >= 4 is 11.7 Å². The SMILES string of the molecule is O=C(O)c1ccccc1Oc1ncccc1[N+](=O)[O-]. The molecule has 0 aliphatic rings. The van der Waals surface area contributed by atoms with Gasteiger partial charge in [-0.1, -0.05) is 12.1 Å². The summed E-state index contributed by atoms with van der Waals surface area (Å²) in [5.74, 6) is -1.44. The number of carboxylic acid groups (broad SMARTS) is 1. The van der Waals surface area contributed by atoms with Crippen molar-refractivity contribution in [3.05, 3.63) is 58.3 Å². The van der Waals surface area contributed by atoms with Crippen molar-refractivity contribution in [3.63, 3.8) is 0 Å². The molecule has 1 N–H and O–H groups in total. The molecule has 0 amide bonds. The summed E-state index contributed by atoms with van der Waals surface area (Å²) in [6.07, 6.45) is 1.33. The Bertz CT molecular complexity index is 586. The highest BCUT2D eigenvalue weighted by molar-refractivity contribution is 5.90. The molecule has 0 radical (unpaired) electrons. The molecule has 2 rings (SSSR count). The van der Waals surface area contributed by atoms with E-state index in [0.29, 0.717) is 0 Å². The fourth-order valence-corrected chi connectivity index (χ4v) is 1.44. The maximum atomic E-state index is 11.0. The van der Waals surface area contributed by atoms with Gasteiger partial charge in [-0.15, -0.1) is 0 Å². The van der Waals surface area contributed by atoms with Gasteiger partial charge in [0.1, 0.15) is 11.3 Å². The lowest BCUT2D eigenvalue weighted by molar-refractivity contribution is -0.386. The van der Waals surface area contributed by atoms with Crippen LogP contribution in [0.4, 0.5) is 5.69 Å². The minimum Gasteiger partial charge on any atom is -0.478 e. The lowest BCUT2D eigenvalue weighted by Gasteiger charge is -2.07. The number of aromatic nitrogens is 1. The second kappa shape index (κ2) is 5.13. The molecule has 19 heavy (non-hydrogen) atoms. The molecule has 0 spiro atoms. The monoisotopic (exact) mass is 260 g/mol. The van der Waals surface area contributed by atoms with E-state index in [2.05, 4.69) is 4.98 Å². The van der Waals surface area contributed by atoms with Gasteiger partial charge in [0.05, 0.1) is 4.92 Å². The van der Waals surface area contributed by atoms with Gasteiger partial charge < -0.3 is 9.84 Å². The topological polar surface area (TPSA) is 103 Å². The normalized spacial score (nSPS) is 9.89. The number of hydrogen-bond acceptors (Lipinski definition) is 5. The number of benzene rings is 1. The molecule has 1 aromatic heterocycles. The smallest absolute Gasteiger partial charge is 0.339 e. The molecular formula is C12H8N2O5. The predicted octanol–water partition coefficient (Wildman–Crippen LogP) is 2.48. The first-order chi connectivity index (χ1) is 9.09. The summed E-state index contributed by atoms with van der Waals surface area (Å²) in [5, 5.41) is 19.8. The maximum Gasteiger partial charge on any atom is 0.339 e. The highest BCUT2D eigenvalue weighted by Gasteiger charge is 2.19. The van der Waals surface area contributed by atoms with Crippen molar-refractivity contribution in [2.75, 3.05) is 0 Å². The number of carbonyl (C=O) groups is 1. The first kappa shape index (κ1) is 12.5. The number of para-hydroxylation sites is 1. The Balaban J connectivity index is 2.42. The number of hydrogen-bond donors (Lipinski definition) is 1.